The van der Waals surface area contributed by atoms with Gasteiger partial charge in [0.25, 0.3) is 0 Å². The van der Waals surface area contributed by atoms with Crippen molar-refractivity contribution in [2.24, 2.45) is 5.73 Å². The van der Waals surface area contributed by atoms with E-state index in [4.69, 9.17) is 10.8 Å². The minimum absolute atomic E-state index is 0.608. The smallest absolute Gasteiger partial charge is 0.0743 e. The molecule has 1 aromatic heterocycles. The lowest BCUT2D eigenvalue weighted by Crippen LogP contribution is -2.05. The fourth-order valence-corrected chi connectivity index (χ4v) is 2.86. The zero-order valence-electron chi connectivity index (χ0n) is 14.0. The third-order valence-corrected chi connectivity index (χ3v) is 4.09. The summed E-state index contributed by atoms with van der Waals surface area (Å²) in [6.07, 6.45) is 0.788. The van der Waals surface area contributed by atoms with Gasteiger partial charge in [0.05, 0.1) is 17.1 Å². The van der Waals surface area contributed by atoms with E-state index in [0.29, 0.717) is 6.54 Å². The molecule has 0 aliphatic carbocycles. The third-order valence-electron chi connectivity index (χ3n) is 4.09. The highest BCUT2D eigenvalue weighted by Crippen LogP contribution is 2.26. The fraction of sp³-hybridized carbons (Fsp3) is 0.250. The predicted octanol–water partition coefficient (Wildman–Crippen LogP) is 3.97. The van der Waals surface area contributed by atoms with E-state index in [0.717, 1.165) is 23.5 Å². The molecule has 0 spiro atoms. The van der Waals surface area contributed by atoms with E-state index in [1.807, 2.05) is 4.68 Å². The molecule has 0 saturated carbocycles. The van der Waals surface area contributed by atoms with Gasteiger partial charge < -0.3 is 5.73 Å². The van der Waals surface area contributed by atoms with Gasteiger partial charge in [0, 0.05) is 12.0 Å². The maximum Gasteiger partial charge on any atom is 0.0743 e. The topological polar surface area (TPSA) is 43.8 Å². The van der Waals surface area contributed by atoms with E-state index in [1.54, 1.807) is 0 Å². The van der Waals surface area contributed by atoms with Gasteiger partial charge in [-0.05, 0) is 45.0 Å². The second-order valence-corrected chi connectivity index (χ2v) is 6.13. The first kappa shape index (κ1) is 15.5. The molecule has 3 nitrogen and oxygen atoms in total. The number of aryl methyl sites for hydroxylation is 3. The molecule has 0 bridgehead atoms. The fourth-order valence-electron chi connectivity index (χ4n) is 2.86. The van der Waals surface area contributed by atoms with E-state index < -0.39 is 0 Å². The molecule has 0 atom stereocenters. The van der Waals surface area contributed by atoms with Crippen molar-refractivity contribution in [3.8, 4) is 16.9 Å². The summed E-state index contributed by atoms with van der Waals surface area (Å²) >= 11 is 0. The van der Waals surface area contributed by atoms with Crippen LogP contribution in [0.2, 0.25) is 0 Å². The summed E-state index contributed by atoms with van der Waals surface area (Å²) in [6.45, 7) is 6.95. The Kier molecular flexibility index (Phi) is 4.30. The van der Waals surface area contributed by atoms with E-state index >= 15 is 0 Å². The van der Waals surface area contributed by atoms with Gasteiger partial charge in [-0.2, -0.15) is 5.10 Å². The van der Waals surface area contributed by atoms with E-state index in [-0.39, 0.29) is 0 Å². The van der Waals surface area contributed by atoms with Crippen LogP contribution in [0.15, 0.2) is 48.5 Å². The summed E-state index contributed by atoms with van der Waals surface area (Å²) in [6, 6.07) is 17.2. The molecule has 23 heavy (non-hydrogen) atoms. The van der Waals surface area contributed by atoms with Crippen LogP contribution in [-0.2, 0) is 6.42 Å². The van der Waals surface area contributed by atoms with Gasteiger partial charge in [0.1, 0.15) is 0 Å². The van der Waals surface area contributed by atoms with Crippen LogP contribution in [0.5, 0.6) is 0 Å². The van der Waals surface area contributed by atoms with Crippen LogP contribution in [0.1, 0.15) is 22.4 Å². The molecule has 1 heterocycles. The van der Waals surface area contributed by atoms with Crippen molar-refractivity contribution in [2.75, 3.05) is 6.54 Å². The number of benzene rings is 2. The molecule has 3 rings (SSSR count). The normalized spacial score (nSPS) is 11.0. The number of nitrogens with zero attached hydrogens (tertiary/aromatic N) is 2. The largest absolute Gasteiger partial charge is 0.330 e. The molecule has 118 valence electrons. The highest BCUT2D eigenvalue weighted by molar-refractivity contribution is 5.64. The second-order valence-electron chi connectivity index (χ2n) is 6.13. The average molecular weight is 305 g/mol. The van der Waals surface area contributed by atoms with Crippen molar-refractivity contribution in [1.82, 2.24) is 9.78 Å². The van der Waals surface area contributed by atoms with Gasteiger partial charge >= 0.3 is 0 Å². The lowest BCUT2D eigenvalue weighted by Gasteiger charge is -2.11. The first-order valence-electron chi connectivity index (χ1n) is 8.02. The molecule has 3 aromatic rings. The van der Waals surface area contributed by atoms with Gasteiger partial charge in [0.15, 0.2) is 0 Å². The van der Waals surface area contributed by atoms with Crippen molar-refractivity contribution >= 4 is 0 Å². The van der Waals surface area contributed by atoms with Gasteiger partial charge in [-0.3, -0.25) is 0 Å². The standard InChI is InChI=1S/C20H23N3/c1-14-4-7-17(8-5-14)20-13-18(10-11-21)22-23(20)19-9-6-15(2)12-16(19)3/h4-9,12-13H,10-11,21H2,1-3H3. The Labute approximate surface area is 137 Å². The molecule has 3 heteroatoms. The molecule has 0 unspecified atom stereocenters. The van der Waals surface area contributed by atoms with Crippen molar-refractivity contribution in [3.63, 3.8) is 0 Å². The Bertz CT molecular complexity index is 813. The highest BCUT2D eigenvalue weighted by atomic mass is 15.3. The van der Waals surface area contributed by atoms with Crippen LogP contribution in [0.4, 0.5) is 0 Å². The molecule has 2 N–H and O–H groups in total. The first-order chi connectivity index (χ1) is 11.1. The van der Waals surface area contributed by atoms with Gasteiger partial charge in [0.2, 0.25) is 0 Å². The summed E-state index contributed by atoms with van der Waals surface area (Å²) in [5, 5.41) is 4.80. The zero-order valence-corrected chi connectivity index (χ0v) is 14.0. The third kappa shape index (κ3) is 3.20. The predicted molar refractivity (Wildman–Crippen MR) is 96.0 cm³/mol. The molecular formula is C20H23N3. The molecule has 0 aliphatic rings. The van der Waals surface area contributed by atoms with E-state index in [9.17, 15) is 0 Å². The van der Waals surface area contributed by atoms with Crippen LogP contribution in [0, 0.1) is 20.8 Å². The molecular weight excluding hydrogens is 282 g/mol. The minimum Gasteiger partial charge on any atom is -0.330 e. The molecule has 2 aromatic carbocycles. The summed E-state index contributed by atoms with van der Waals surface area (Å²) in [5.41, 5.74) is 13.9. The lowest BCUT2D eigenvalue weighted by molar-refractivity contribution is 0.821. The van der Waals surface area contributed by atoms with Crippen molar-refractivity contribution in [2.45, 2.75) is 27.2 Å². The summed E-state index contributed by atoms with van der Waals surface area (Å²) in [7, 11) is 0. The van der Waals surface area contributed by atoms with Crippen molar-refractivity contribution in [1.29, 1.82) is 0 Å². The van der Waals surface area contributed by atoms with Crippen LogP contribution >= 0.6 is 0 Å². The Morgan fingerprint density at radius 1 is 0.913 bits per heavy atom. The highest BCUT2D eigenvalue weighted by Gasteiger charge is 2.13. The van der Waals surface area contributed by atoms with Crippen LogP contribution < -0.4 is 5.73 Å². The number of nitrogens with two attached hydrogens (primary N) is 1. The van der Waals surface area contributed by atoms with Crippen LogP contribution in [-0.4, -0.2) is 16.3 Å². The zero-order chi connectivity index (χ0) is 16.4. The summed E-state index contributed by atoms with van der Waals surface area (Å²) < 4.78 is 2.05. The second kappa shape index (κ2) is 6.39. The van der Waals surface area contributed by atoms with E-state index in [1.165, 1.54) is 22.3 Å². The number of rotatable bonds is 4. The molecule has 0 aliphatic heterocycles. The van der Waals surface area contributed by atoms with E-state index in [2.05, 4.69) is 69.3 Å². The quantitative estimate of drug-likeness (QED) is 0.792. The van der Waals surface area contributed by atoms with Crippen LogP contribution in [0.3, 0.4) is 0 Å². The maximum atomic E-state index is 5.72. The SMILES string of the molecule is Cc1ccc(-c2cc(CCN)nn2-c2ccc(C)cc2C)cc1. The summed E-state index contributed by atoms with van der Waals surface area (Å²) in [5.74, 6) is 0. The average Bonchev–Trinajstić information content (AvgIpc) is 2.92. The lowest BCUT2D eigenvalue weighted by atomic mass is 10.1. The Hall–Kier alpha value is -2.39. The van der Waals surface area contributed by atoms with Gasteiger partial charge in [-0.25, -0.2) is 4.68 Å². The first-order valence-corrected chi connectivity index (χ1v) is 8.02. The minimum atomic E-state index is 0.608. The Morgan fingerprint density at radius 2 is 1.61 bits per heavy atom. The van der Waals surface area contributed by atoms with Crippen LogP contribution in [0.25, 0.3) is 16.9 Å². The number of hydrogen-bond acceptors (Lipinski definition) is 2. The molecule has 0 radical (unpaired) electrons. The summed E-state index contributed by atoms with van der Waals surface area (Å²) in [4.78, 5) is 0. The van der Waals surface area contributed by atoms with Gasteiger partial charge in [-0.1, -0.05) is 47.5 Å². The molecule has 0 saturated heterocycles. The van der Waals surface area contributed by atoms with Crippen molar-refractivity contribution in [3.05, 3.63) is 70.9 Å². The molecule has 0 fully saturated rings. The Balaban J connectivity index is 2.16. The monoisotopic (exact) mass is 305 g/mol. The Morgan fingerprint density at radius 3 is 2.26 bits per heavy atom. The number of aromatic nitrogens is 2. The number of hydrogen-bond donors (Lipinski definition) is 1. The maximum absolute atomic E-state index is 5.72. The molecule has 0 amide bonds. The van der Waals surface area contributed by atoms with Crippen molar-refractivity contribution < 1.29 is 0 Å². The van der Waals surface area contributed by atoms with Gasteiger partial charge in [-0.15, -0.1) is 0 Å².